The van der Waals surface area contributed by atoms with Crippen molar-refractivity contribution in [3.8, 4) is 5.75 Å². The fourth-order valence-electron chi connectivity index (χ4n) is 2.53. The van der Waals surface area contributed by atoms with Crippen molar-refractivity contribution in [1.29, 1.82) is 0 Å². The van der Waals surface area contributed by atoms with Crippen molar-refractivity contribution in [2.45, 2.75) is 6.92 Å². The van der Waals surface area contributed by atoms with Gasteiger partial charge in [0.1, 0.15) is 5.75 Å². The number of anilines is 1. The van der Waals surface area contributed by atoms with Gasteiger partial charge < -0.3 is 9.84 Å². The van der Waals surface area contributed by atoms with E-state index in [0.29, 0.717) is 27.3 Å². The molecule has 2 aromatic carbocycles. The van der Waals surface area contributed by atoms with E-state index in [1.54, 1.807) is 18.2 Å². The molecule has 138 valence electrons. The molecule has 1 N–H and O–H groups in total. The molecule has 0 unspecified atom stereocenters. The van der Waals surface area contributed by atoms with Crippen LogP contribution in [0, 0.1) is 0 Å². The molecule has 8 heteroatoms. The summed E-state index contributed by atoms with van der Waals surface area (Å²) in [5.41, 5.74) is 1.28. The van der Waals surface area contributed by atoms with Crippen LogP contribution in [-0.4, -0.2) is 27.9 Å². The van der Waals surface area contributed by atoms with Crippen molar-refractivity contribution >= 4 is 67.9 Å². The van der Waals surface area contributed by atoms with Gasteiger partial charge in [-0.1, -0.05) is 46.0 Å². The molecule has 0 radical (unpaired) electrons. The van der Waals surface area contributed by atoms with Gasteiger partial charge in [0, 0.05) is 10.0 Å². The number of nitrogens with zero attached hydrogens (tertiary/aromatic N) is 1. The van der Waals surface area contributed by atoms with Crippen LogP contribution in [0.25, 0.3) is 6.08 Å². The Labute approximate surface area is 174 Å². The van der Waals surface area contributed by atoms with E-state index in [1.165, 1.54) is 28.8 Å². The van der Waals surface area contributed by atoms with Gasteiger partial charge in [0.05, 0.1) is 22.8 Å². The van der Waals surface area contributed by atoms with Crippen molar-refractivity contribution in [1.82, 2.24) is 0 Å². The topological polar surface area (TPSA) is 66.8 Å². The first-order valence-corrected chi connectivity index (χ1v) is 9.96. The van der Waals surface area contributed by atoms with Gasteiger partial charge in [-0.15, -0.1) is 0 Å². The Morgan fingerprint density at radius 1 is 1.33 bits per heavy atom. The largest absolute Gasteiger partial charge is 0.493 e. The maximum Gasteiger partial charge on any atom is 0.335 e. The van der Waals surface area contributed by atoms with Gasteiger partial charge in [-0.2, -0.15) is 0 Å². The number of hydrogen-bond donors (Lipinski definition) is 1. The second kappa shape index (κ2) is 8.24. The zero-order chi connectivity index (χ0) is 19.6. The van der Waals surface area contributed by atoms with Gasteiger partial charge in [-0.05, 0) is 49.4 Å². The lowest BCUT2D eigenvalue weighted by Gasteiger charge is -2.15. The van der Waals surface area contributed by atoms with Gasteiger partial charge in [0.25, 0.3) is 5.91 Å². The molecule has 0 saturated carbocycles. The van der Waals surface area contributed by atoms with Crippen LogP contribution in [0.1, 0.15) is 22.8 Å². The maximum absolute atomic E-state index is 12.9. The van der Waals surface area contributed by atoms with Gasteiger partial charge in [0.2, 0.25) is 0 Å². The summed E-state index contributed by atoms with van der Waals surface area (Å²) in [5, 5.41) is 9.17. The van der Waals surface area contributed by atoms with Crippen LogP contribution < -0.4 is 9.64 Å². The van der Waals surface area contributed by atoms with E-state index in [4.69, 9.17) is 22.1 Å². The lowest BCUT2D eigenvalue weighted by molar-refractivity contribution is -0.113. The Morgan fingerprint density at radius 2 is 2.11 bits per heavy atom. The minimum Gasteiger partial charge on any atom is -0.493 e. The highest BCUT2D eigenvalue weighted by atomic mass is 79.9. The van der Waals surface area contributed by atoms with Gasteiger partial charge >= 0.3 is 5.97 Å². The first-order chi connectivity index (χ1) is 12.9. The first-order valence-electron chi connectivity index (χ1n) is 7.94. The number of carbonyl (C=O) groups is 2. The van der Waals surface area contributed by atoms with Crippen LogP contribution in [0.4, 0.5) is 5.69 Å². The van der Waals surface area contributed by atoms with E-state index in [1.807, 2.05) is 25.1 Å². The second-order valence-electron chi connectivity index (χ2n) is 5.49. The molecule has 1 aliphatic rings. The summed E-state index contributed by atoms with van der Waals surface area (Å²) in [5.74, 6) is -0.692. The predicted octanol–water partition coefficient (Wildman–Crippen LogP) is 4.95. The number of amides is 1. The third-order valence-electron chi connectivity index (χ3n) is 3.70. The van der Waals surface area contributed by atoms with E-state index in [9.17, 15) is 9.59 Å². The van der Waals surface area contributed by atoms with Crippen LogP contribution >= 0.6 is 39.9 Å². The van der Waals surface area contributed by atoms with Crippen molar-refractivity contribution in [2.75, 3.05) is 11.5 Å². The number of aromatic carboxylic acids is 1. The Hall–Kier alpha value is -2.16. The molecule has 3 rings (SSSR count). The molecule has 0 aromatic heterocycles. The number of carboxylic acids is 1. The normalized spacial score (nSPS) is 15.5. The minimum absolute atomic E-state index is 0.0937. The van der Waals surface area contributed by atoms with Crippen molar-refractivity contribution in [3.05, 3.63) is 63.0 Å². The Bertz CT molecular complexity index is 974. The molecule has 0 spiro atoms. The smallest absolute Gasteiger partial charge is 0.335 e. The average molecular weight is 464 g/mol. The third-order valence-corrected chi connectivity index (χ3v) is 5.50. The number of thioether (sulfide) groups is 1. The van der Waals surface area contributed by atoms with E-state index in [2.05, 4.69) is 15.9 Å². The third kappa shape index (κ3) is 4.23. The highest BCUT2D eigenvalue weighted by Gasteiger charge is 2.33. The van der Waals surface area contributed by atoms with Crippen molar-refractivity contribution in [3.63, 3.8) is 0 Å². The SMILES string of the molecule is CCOc1ccc(Br)cc1/C=C1/SC(=S)N(c2cccc(C(=O)O)c2)C1=O. The highest BCUT2D eigenvalue weighted by molar-refractivity contribution is 9.10. The molecular weight excluding hydrogens is 450 g/mol. The molecule has 2 aromatic rings. The number of benzene rings is 2. The Morgan fingerprint density at radius 3 is 2.81 bits per heavy atom. The minimum atomic E-state index is -1.06. The lowest BCUT2D eigenvalue weighted by Crippen LogP contribution is -2.27. The van der Waals surface area contributed by atoms with Crippen LogP contribution in [0.15, 0.2) is 51.8 Å². The number of thiocarbonyl (C=S) groups is 1. The quantitative estimate of drug-likeness (QED) is 0.499. The molecule has 27 heavy (non-hydrogen) atoms. The lowest BCUT2D eigenvalue weighted by atomic mass is 10.1. The van der Waals surface area contributed by atoms with Crippen molar-refractivity contribution in [2.24, 2.45) is 0 Å². The molecule has 1 aliphatic heterocycles. The summed E-state index contributed by atoms with van der Waals surface area (Å²) in [7, 11) is 0. The molecule has 1 fully saturated rings. The number of carboxylic acid groups (broad SMARTS) is 1. The standard InChI is InChI=1S/C19H14BrNO4S2/c1-2-25-15-7-6-13(20)8-12(15)10-16-17(22)21(19(26)27-16)14-5-3-4-11(9-14)18(23)24/h3-10H,2H2,1H3,(H,23,24)/b16-10+. The van der Waals surface area contributed by atoms with Gasteiger partial charge in [0.15, 0.2) is 4.32 Å². The fraction of sp³-hybridized carbons (Fsp3) is 0.105. The molecule has 5 nitrogen and oxygen atoms in total. The van der Waals surface area contributed by atoms with Crippen LogP contribution in [0.2, 0.25) is 0 Å². The molecule has 0 aliphatic carbocycles. The van der Waals surface area contributed by atoms with E-state index in [-0.39, 0.29) is 11.5 Å². The highest BCUT2D eigenvalue weighted by Crippen LogP contribution is 2.37. The number of rotatable bonds is 5. The van der Waals surface area contributed by atoms with Gasteiger partial charge in [-0.25, -0.2) is 4.79 Å². The predicted molar refractivity (Wildman–Crippen MR) is 114 cm³/mol. The number of ether oxygens (including phenoxy) is 1. The zero-order valence-corrected chi connectivity index (χ0v) is 17.4. The first kappa shape index (κ1) is 19.6. The van der Waals surface area contributed by atoms with Crippen LogP contribution in [0.3, 0.4) is 0 Å². The number of halogens is 1. The number of hydrogen-bond acceptors (Lipinski definition) is 5. The fourth-order valence-corrected chi connectivity index (χ4v) is 4.20. The molecular formula is C19H14BrNO4S2. The summed E-state index contributed by atoms with van der Waals surface area (Å²) < 4.78 is 6.83. The summed E-state index contributed by atoms with van der Waals surface area (Å²) in [6, 6.07) is 11.7. The van der Waals surface area contributed by atoms with Gasteiger partial charge in [-0.3, -0.25) is 9.69 Å². The second-order valence-corrected chi connectivity index (χ2v) is 8.08. The molecule has 1 saturated heterocycles. The van der Waals surface area contributed by atoms with E-state index in [0.717, 1.165) is 10.0 Å². The molecule has 1 heterocycles. The molecule has 0 bridgehead atoms. The Balaban J connectivity index is 1.97. The molecule has 0 atom stereocenters. The number of carbonyl (C=O) groups excluding carboxylic acids is 1. The van der Waals surface area contributed by atoms with E-state index >= 15 is 0 Å². The van der Waals surface area contributed by atoms with Crippen molar-refractivity contribution < 1.29 is 19.4 Å². The summed E-state index contributed by atoms with van der Waals surface area (Å²) in [6.45, 7) is 2.39. The van der Waals surface area contributed by atoms with E-state index < -0.39 is 5.97 Å². The maximum atomic E-state index is 12.9. The summed E-state index contributed by atoms with van der Waals surface area (Å²) >= 11 is 9.95. The van der Waals surface area contributed by atoms with Crippen LogP contribution in [0.5, 0.6) is 5.75 Å². The average Bonchev–Trinajstić information content (AvgIpc) is 2.91. The summed E-state index contributed by atoms with van der Waals surface area (Å²) in [4.78, 5) is 25.9. The van der Waals surface area contributed by atoms with Crippen LogP contribution in [-0.2, 0) is 4.79 Å². The monoisotopic (exact) mass is 463 g/mol. The molecule has 1 amide bonds. The zero-order valence-electron chi connectivity index (χ0n) is 14.1. The summed E-state index contributed by atoms with van der Waals surface area (Å²) in [6.07, 6.45) is 1.73. The Kier molecular flexibility index (Phi) is 5.98.